The van der Waals surface area contributed by atoms with Crippen LogP contribution in [-0.2, 0) is 9.59 Å². The molecule has 1 saturated heterocycles. The summed E-state index contributed by atoms with van der Waals surface area (Å²) in [5.41, 5.74) is 0.106. The third-order valence-corrected chi connectivity index (χ3v) is 4.06. The Labute approximate surface area is 116 Å². The Kier molecular flexibility index (Phi) is 2.61. The standard InChI is InChI=1S/C14H14ClNO3/c1-7(17)12-10-6-14(2,16-13(12)18)19-11-4-3-8(15)5-9(10)11/h3-5,10,12H,6H2,1-2H3,(H,16,18)/t10-,12+,14+/m0/s1. The molecule has 4 nitrogen and oxygen atoms in total. The Morgan fingerprint density at radius 3 is 2.95 bits per heavy atom. The number of halogens is 1. The molecule has 0 aliphatic carbocycles. The van der Waals surface area contributed by atoms with Crippen LogP contribution in [0.3, 0.4) is 0 Å². The van der Waals surface area contributed by atoms with Gasteiger partial charge in [0.05, 0.1) is 0 Å². The molecule has 2 aliphatic heterocycles. The van der Waals surface area contributed by atoms with Crippen LogP contribution in [0.25, 0.3) is 0 Å². The van der Waals surface area contributed by atoms with Gasteiger partial charge < -0.3 is 10.1 Å². The van der Waals surface area contributed by atoms with Crippen LogP contribution in [0.2, 0.25) is 5.02 Å². The number of benzene rings is 1. The molecule has 2 aliphatic rings. The molecule has 0 aromatic heterocycles. The average molecular weight is 280 g/mol. The van der Waals surface area contributed by atoms with Gasteiger partial charge >= 0.3 is 0 Å². The van der Waals surface area contributed by atoms with E-state index < -0.39 is 11.6 Å². The van der Waals surface area contributed by atoms with Crippen molar-refractivity contribution in [2.45, 2.75) is 31.9 Å². The van der Waals surface area contributed by atoms with E-state index in [1.165, 1.54) is 6.92 Å². The van der Waals surface area contributed by atoms with Crippen molar-refractivity contribution in [1.29, 1.82) is 0 Å². The number of ether oxygens (including phenoxy) is 1. The number of carbonyl (C=O) groups is 2. The van der Waals surface area contributed by atoms with Crippen LogP contribution in [0.1, 0.15) is 31.7 Å². The first kappa shape index (κ1) is 12.5. The maximum Gasteiger partial charge on any atom is 0.234 e. The van der Waals surface area contributed by atoms with Crippen molar-refractivity contribution in [3.63, 3.8) is 0 Å². The summed E-state index contributed by atoms with van der Waals surface area (Å²) in [5.74, 6) is -0.531. The van der Waals surface area contributed by atoms with E-state index in [1.807, 2.05) is 6.92 Å². The minimum atomic E-state index is -0.742. The van der Waals surface area contributed by atoms with Gasteiger partial charge in [-0.1, -0.05) is 11.6 Å². The summed E-state index contributed by atoms with van der Waals surface area (Å²) in [4.78, 5) is 23.9. The van der Waals surface area contributed by atoms with E-state index in [9.17, 15) is 9.59 Å². The molecule has 0 radical (unpaired) electrons. The number of ketones is 1. The highest BCUT2D eigenvalue weighted by molar-refractivity contribution is 6.30. The fourth-order valence-corrected chi connectivity index (χ4v) is 3.26. The summed E-state index contributed by atoms with van der Waals surface area (Å²) < 4.78 is 5.84. The van der Waals surface area contributed by atoms with Gasteiger partial charge in [-0.05, 0) is 32.0 Å². The largest absolute Gasteiger partial charge is 0.468 e. The number of fused-ring (bicyclic) bond motifs is 4. The third-order valence-electron chi connectivity index (χ3n) is 3.83. The summed E-state index contributed by atoms with van der Waals surface area (Å²) in [7, 11) is 0. The summed E-state index contributed by atoms with van der Waals surface area (Å²) >= 11 is 6.01. The number of piperidine rings is 1. The van der Waals surface area contributed by atoms with Crippen molar-refractivity contribution in [2.75, 3.05) is 0 Å². The van der Waals surface area contributed by atoms with Gasteiger partial charge in [-0.3, -0.25) is 9.59 Å². The summed E-state index contributed by atoms with van der Waals surface area (Å²) in [6.07, 6.45) is 0.580. The van der Waals surface area contributed by atoms with E-state index in [1.54, 1.807) is 18.2 Å². The molecule has 1 aromatic rings. The normalized spacial score (nSPS) is 32.1. The number of Topliss-reactive ketones (excluding diaryl/α,β-unsaturated/α-hetero) is 1. The van der Waals surface area contributed by atoms with E-state index in [0.717, 1.165) is 5.56 Å². The molecule has 1 fully saturated rings. The van der Waals surface area contributed by atoms with Crippen molar-refractivity contribution in [2.24, 2.45) is 5.92 Å². The lowest BCUT2D eigenvalue weighted by molar-refractivity contribution is -0.145. The number of hydrogen-bond acceptors (Lipinski definition) is 3. The molecule has 1 N–H and O–H groups in total. The van der Waals surface area contributed by atoms with Gasteiger partial charge in [0.25, 0.3) is 0 Å². The number of rotatable bonds is 1. The smallest absolute Gasteiger partial charge is 0.234 e. The van der Waals surface area contributed by atoms with Gasteiger partial charge in [0.15, 0.2) is 5.72 Å². The Bertz CT molecular complexity index is 586. The van der Waals surface area contributed by atoms with E-state index in [2.05, 4.69) is 5.32 Å². The van der Waals surface area contributed by atoms with E-state index in [0.29, 0.717) is 17.2 Å². The first-order valence-electron chi connectivity index (χ1n) is 6.20. The summed E-state index contributed by atoms with van der Waals surface area (Å²) in [6, 6.07) is 5.32. The van der Waals surface area contributed by atoms with Gasteiger partial charge in [-0.2, -0.15) is 0 Å². The second-order valence-electron chi connectivity index (χ2n) is 5.40. The minimum absolute atomic E-state index is 0.127. The Morgan fingerprint density at radius 1 is 1.53 bits per heavy atom. The zero-order chi connectivity index (χ0) is 13.8. The molecule has 5 heteroatoms. The maximum atomic E-state index is 12.1. The molecule has 2 bridgehead atoms. The zero-order valence-electron chi connectivity index (χ0n) is 10.7. The molecule has 100 valence electrons. The van der Waals surface area contributed by atoms with Gasteiger partial charge in [0.2, 0.25) is 5.91 Å². The highest BCUT2D eigenvalue weighted by Gasteiger charge is 2.50. The molecular formula is C14H14ClNO3. The molecule has 19 heavy (non-hydrogen) atoms. The second-order valence-corrected chi connectivity index (χ2v) is 5.84. The van der Waals surface area contributed by atoms with Crippen LogP contribution in [0.5, 0.6) is 5.75 Å². The first-order chi connectivity index (χ1) is 8.89. The number of carbonyl (C=O) groups excluding carboxylic acids is 2. The number of hydrogen-bond donors (Lipinski definition) is 1. The van der Waals surface area contributed by atoms with Crippen LogP contribution in [0.15, 0.2) is 18.2 Å². The lowest BCUT2D eigenvalue weighted by Crippen LogP contribution is -2.61. The molecule has 0 unspecified atom stereocenters. The number of nitrogens with one attached hydrogen (secondary N) is 1. The summed E-state index contributed by atoms with van der Waals surface area (Å²) in [5, 5.41) is 3.38. The maximum absolute atomic E-state index is 12.1. The average Bonchev–Trinajstić information content (AvgIpc) is 2.28. The van der Waals surface area contributed by atoms with Crippen molar-refractivity contribution in [1.82, 2.24) is 5.32 Å². The second kappa shape index (κ2) is 3.97. The predicted octanol–water partition coefficient (Wildman–Crippen LogP) is 2.26. The molecule has 3 atom stereocenters. The van der Waals surface area contributed by atoms with Crippen LogP contribution in [0.4, 0.5) is 0 Å². The van der Waals surface area contributed by atoms with Crippen LogP contribution >= 0.6 is 11.6 Å². The van der Waals surface area contributed by atoms with E-state index >= 15 is 0 Å². The molecule has 3 rings (SSSR count). The quantitative estimate of drug-likeness (QED) is 0.802. The summed E-state index contributed by atoms with van der Waals surface area (Å²) in [6.45, 7) is 3.28. The predicted molar refractivity (Wildman–Crippen MR) is 70.2 cm³/mol. The Morgan fingerprint density at radius 2 is 2.26 bits per heavy atom. The SMILES string of the molecule is CC(=O)[C@H]1C(=O)N[C@@]2(C)C[C@H]1c1cc(Cl)ccc1O2. The van der Waals surface area contributed by atoms with E-state index in [4.69, 9.17) is 16.3 Å². The highest BCUT2D eigenvalue weighted by atomic mass is 35.5. The fourth-order valence-electron chi connectivity index (χ4n) is 3.08. The molecular weight excluding hydrogens is 266 g/mol. The molecule has 1 aromatic carbocycles. The van der Waals surface area contributed by atoms with Gasteiger partial charge in [0, 0.05) is 22.9 Å². The Balaban J connectivity index is 2.15. The lowest BCUT2D eigenvalue weighted by atomic mass is 9.73. The van der Waals surface area contributed by atoms with Crippen molar-refractivity contribution in [3.8, 4) is 5.75 Å². The fraction of sp³-hybridized carbons (Fsp3) is 0.429. The Hall–Kier alpha value is -1.55. The van der Waals surface area contributed by atoms with Crippen LogP contribution < -0.4 is 10.1 Å². The third kappa shape index (κ3) is 1.91. The molecule has 2 heterocycles. The molecule has 0 spiro atoms. The van der Waals surface area contributed by atoms with Gasteiger partial charge in [-0.15, -0.1) is 0 Å². The first-order valence-corrected chi connectivity index (χ1v) is 6.58. The van der Waals surface area contributed by atoms with Crippen molar-refractivity contribution >= 4 is 23.3 Å². The van der Waals surface area contributed by atoms with Gasteiger partial charge in [0.1, 0.15) is 17.5 Å². The molecule has 1 amide bonds. The minimum Gasteiger partial charge on any atom is -0.468 e. The monoisotopic (exact) mass is 279 g/mol. The van der Waals surface area contributed by atoms with Crippen LogP contribution in [-0.4, -0.2) is 17.4 Å². The highest BCUT2D eigenvalue weighted by Crippen LogP contribution is 2.47. The van der Waals surface area contributed by atoms with Gasteiger partial charge in [-0.25, -0.2) is 0 Å². The lowest BCUT2D eigenvalue weighted by Gasteiger charge is -2.46. The van der Waals surface area contributed by atoms with E-state index in [-0.39, 0.29) is 17.6 Å². The van der Waals surface area contributed by atoms with Crippen molar-refractivity contribution < 1.29 is 14.3 Å². The molecule has 0 saturated carbocycles. The topological polar surface area (TPSA) is 55.4 Å². The van der Waals surface area contributed by atoms with Crippen molar-refractivity contribution in [3.05, 3.63) is 28.8 Å². The number of amides is 1. The van der Waals surface area contributed by atoms with Crippen LogP contribution in [0, 0.1) is 5.92 Å². The zero-order valence-corrected chi connectivity index (χ0v) is 11.5.